The third-order valence-corrected chi connectivity index (χ3v) is 3.25. The normalized spacial score (nSPS) is 10.4. The molecule has 3 rings (SSSR count). The fourth-order valence-corrected chi connectivity index (χ4v) is 1.85. The van der Waals surface area contributed by atoms with Gasteiger partial charge < -0.3 is 10.5 Å². The summed E-state index contributed by atoms with van der Waals surface area (Å²) in [7, 11) is 0. The molecule has 0 amide bonds. The highest BCUT2D eigenvalue weighted by Crippen LogP contribution is 2.31. The van der Waals surface area contributed by atoms with Crippen LogP contribution in [0, 0.1) is 0 Å². The molecular weight excluding hydrogens is 322 g/mol. The number of ether oxygens (including phenoxy) is 1. The molecule has 6 nitrogen and oxygen atoms in total. The van der Waals surface area contributed by atoms with E-state index >= 15 is 0 Å². The number of rotatable bonds is 3. The highest BCUT2D eigenvalue weighted by atomic mass is 79.9. The lowest BCUT2D eigenvalue weighted by Gasteiger charge is -2.09. The van der Waals surface area contributed by atoms with Crippen LogP contribution < -0.4 is 10.5 Å². The van der Waals surface area contributed by atoms with Gasteiger partial charge in [0, 0.05) is 12.4 Å². The number of para-hydroxylation sites is 1. The van der Waals surface area contributed by atoms with Crippen molar-refractivity contribution in [3.8, 4) is 17.6 Å². The zero-order valence-corrected chi connectivity index (χ0v) is 11.9. The molecule has 0 unspecified atom stereocenters. The summed E-state index contributed by atoms with van der Waals surface area (Å²) >= 11 is 3.33. The third-order valence-electron chi connectivity index (χ3n) is 2.50. The van der Waals surface area contributed by atoms with Crippen LogP contribution in [0.5, 0.6) is 11.6 Å². The molecule has 0 saturated heterocycles. The van der Waals surface area contributed by atoms with Crippen LogP contribution in [0.4, 0.5) is 5.82 Å². The first-order valence-electron chi connectivity index (χ1n) is 5.80. The smallest absolute Gasteiger partial charge is 0.255 e. The minimum absolute atomic E-state index is 0.288. The topological polar surface area (TPSA) is 78.9 Å². The maximum Gasteiger partial charge on any atom is 0.255 e. The molecule has 0 aliphatic heterocycles. The van der Waals surface area contributed by atoms with Gasteiger partial charge in [0.05, 0.1) is 0 Å². The Hall–Kier alpha value is -2.41. The van der Waals surface area contributed by atoms with Crippen LogP contribution in [0.3, 0.4) is 0 Å². The van der Waals surface area contributed by atoms with E-state index in [2.05, 4.69) is 31.0 Å². The molecule has 3 aromatic rings. The maximum absolute atomic E-state index is 5.86. The van der Waals surface area contributed by atoms with E-state index in [1.165, 1.54) is 4.68 Å². The molecule has 0 radical (unpaired) electrons. The minimum atomic E-state index is 0.288. The van der Waals surface area contributed by atoms with Crippen LogP contribution in [-0.4, -0.2) is 19.7 Å². The van der Waals surface area contributed by atoms with Crippen molar-refractivity contribution in [3.63, 3.8) is 0 Å². The summed E-state index contributed by atoms with van der Waals surface area (Å²) in [6.45, 7) is 0. The number of hydrogen-bond donors (Lipinski definition) is 1. The zero-order chi connectivity index (χ0) is 13.9. The largest absolute Gasteiger partial charge is 0.438 e. The second-order valence-corrected chi connectivity index (χ2v) is 4.69. The lowest BCUT2D eigenvalue weighted by molar-refractivity contribution is 0.456. The number of nitrogens with zero attached hydrogens (tertiary/aromatic N) is 4. The van der Waals surface area contributed by atoms with Gasteiger partial charge in [0.25, 0.3) is 5.95 Å². The quantitative estimate of drug-likeness (QED) is 0.798. The number of nitrogen functional groups attached to an aromatic ring is 1. The molecule has 0 aliphatic rings. The van der Waals surface area contributed by atoms with Gasteiger partial charge in [0.1, 0.15) is 16.0 Å². The van der Waals surface area contributed by atoms with Crippen molar-refractivity contribution in [3.05, 3.63) is 53.3 Å². The molecule has 2 N–H and O–H groups in total. The Morgan fingerprint density at radius 2 is 1.90 bits per heavy atom. The Morgan fingerprint density at radius 3 is 2.60 bits per heavy atom. The Kier molecular flexibility index (Phi) is 3.34. The molecule has 0 saturated carbocycles. The Bertz CT molecular complexity index is 715. The molecule has 0 bridgehead atoms. The van der Waals surface area contributed by atoms with Gasteiger partial charge in [0.15, 0.2) is 0 Å². The van der Waals surface area contributed by atoms with E-state index in [4.69, 9.17) is 10.5 Å². The molecule has 20 heavy (non-hydrogen) atoms. The summed E-state index contributed by atoms with van der Waals surface area (Å²) < 4.78 is 7.74. The average molecular weight is 332 g/mol. The van der Waals surface area contributed by atoms with E-state index in [1.54, 1.807) is 18.5 Å². The minimum Gasteiger partial charge on any atom is -0.438 e. The number of anilines is 1. The lowest BCUT2D eigenvalue weighted by atomic mass is 10.3. The van der Waals surface area contributed by atoms with Gasteiger partial charge in [0.2, 0.25) is 5.88 Å². The highest BCUT2D eigenvalue weighted by Gasteiger charge is 2.13. The summed E-state index contributed by atoms with van der Waals surface area (Å²) in [5.74, 6) is 1.64. The number of benzene rings is 1. The number of nitrogens with two attached hydrogens (primary N) is 1. The molecular formula is C13H10BrN5O. The number of hydrogen-bond acceptors (Lipinski definition) is 5. The van der Waals surface area contributed by atoms with E-state index in [1.807, 2.05) is 30.3 Å². The van der Waals surface area contributed by atoms with Gasteiger partial charge in [-0.05, 0) is 34.1 Å². The standard InChI is InChI=1S/C13H10BrN5O/c14-10-11(15)17-13(19-8-4-7-16-19)18-12(10)20-9-5-2-1-3-6-9/h1-8H,(H2,15,17,18). The van der Waals surface area contributed by atoms with Crippen molar-refractivity contribution < 1.29 is 4.74 Å². The van der Waals surface area contributed by atoms with Crippen molar-refractivity contribution in [1.29, 1.82) is 0 Å². The first-order chi connectivity index (χ1) is 9.74. The van der Waals surface area contributed by atoms with Crippen molar-refractivity contribution in [2.24, 2.45) is 0 Å². The van der Waals surface area contributed by atoms with Crippen LogP contribution in [0.15, 0.2) is 53.3 Å². The first-order valence-corrected chi connectivity index (χ1v) is 6.59. The van der Waals surface area contributed by atoms with Crippen LogP contribution in [0.1, 0.15) is 0 Å². The fraction of sp³-hybridized carbons (Fsp3) is 0. The zero-order valence-electron chi connectivity index (χ0n) is 10.3. The summed E-state index contributed by atoms with van der Waals surface area (Å²) in [5, 5.41) is 4.07. The Morgan fingerprint density at radius 1 is 1.10 bits per heavy atom. The molecule has 1 aromatic carbocycles. The van der Waals surface area contributed by atoms with E-state index in [0.29, 0.717) is 22.1 Å². The molecule has 100 valence electrons. The van der Waals surface area contributed by atoms with Crippen LogP contribution >= 0.6 is 15.9 Å². The Labute approximate surface area is 123 Å². The second kappa shape index (κ2) is 5.30. The predicted octanol–water partition coefficient (Wildman–Crippen LogP) is 2.80. The molecule has 7 heteroatoms. The van der Waals surface area contributed by atoms with Crippen molar-refractivity contribution in [1.82, 2.24) is 19.7 Å². The second-order valence-electron chi connectivity index (χ2n) is 3.89. The highest BCUT2D eigenvalue weighted by molar-refractivity contribution is 9.10. The van der Waals surface area contributed by atoms with Crippen molar-refractivity contribution in [2.45, 2.75) is 0 Å². The van der Waals surface area contributed by atoms with Gasteiger partial charge in [-0.3, -0.25) is 0 Å². The molecule has 2 heterocycles. The third kappa shape index (κ3) is 2.48. The Balaban J connectivity index is 2.02. The van der Waals surface area contributed by atoms with E-state index in [-0.39, 0.29) is 5.82 Å². The van der Waals surface area contributed by atoms with Gasteiger partial charge in [-0.1, -0.05) is 18.2 Å². The van der Waals surface area contributed by atoms with Crippen LogP contribution in [-0.2, 0) is 0 Å². The van der Waals surface area contributed by atoms with E-state index in [0.717, 1.165) is 0 Å². The summed E-state index contributed by atoms with van der Waals surface area (Å²) in [5.41, 5.74) is 5.86. The summed E-state index contributed by atoms with van der Waals surface area (Å²) in [6.07, 6.45) is 3.37. The monoisotopic (exact) mass is 331 g/mol. The first kappa shape index (κ1) is 12.6. The van der Waals surface area contributed by atoms with Gasteiger partial charge >= 0.3 is 0 Å². The predicted molar refractivity (Wildman–Crippen MR) is 77.8 cm³/mol. The molecule has 0 spiro atoms. The van der Waals surface area contributed by atoms with Crippen LogP contribution in [0.2, 0.25) is 0 Å². The van der Waals surface area contributed by atoms with Gasteiger partial charge in [-0.15, -0.1) is 0 Å². The lowest BCUT2D eigenvalue weighted by Crippen LogP contribution is -2.06. The van der Waals surface area contributed by atoms with Gasteiger partial charge in [-0.25, -0.2) is 4.68 Å². The van der Waals surface area contributed by atoms with Crippen molar-refractivity contribution >= 4 is 21.7 Å². The SMILES string of the molecule is Nc1nc(-n2cccn2)nc(Oc2ccccc2)c1Br. The fourth-order valence-electron chi connectivity index (χ4n) is 1.59. The molecule has 0 atom stereocenters. The maximum atomic E-state index is 5.86. The molecule has 2 aromatic heterocycles. The van der Waals surface area contributed by atoms with Gasteiger partial charge in [-0.2, -0.15) is 15.1 Å². The van der Waals surface area contributed by atoms with E-state index in [9.17, 15) is 0 Å². The average Bonchev–Trinajstić information content (AvgIpc) is 2.99. The van der Waals surface area contributed by atoms with Crippen molar-refractivity contribution in [2.75, 3.05) is 5.73 Å². The number of aromatic nitrogens is 4. The molecule has 0 aliphatic carbocycles. The van der Waals surface area contributed by atoms with E-state index < -0.39 is 0 Å². The summed E-state index contributed by atoms with van der Waals surface area (Å²) in [4.78, 5) is 8.47. The summed E-state index contributed by atoms with van der Waals surface area (Å²) in [6, 6.07) is 11.1. The van der Waals surface area contributed by atoms with Crippen LogP contribution in [0.25, 0.3) is 5.95 Å². The number of halogens is 1. The molecule has 0 fully saturated rings.